The van der Waals surface area contributed by atoms with Crippen molar-refractivity contribution in [1.82, 2.24) is 0 Å². The van der Waals surface area contributed by atoms with Gasteiger partial charge in [-0.3, -0.25) is 0 Å². The molecule has 0 spiro atoms. The first-order valence-electron chi connectivity index (χ1n) is 5.05. The maximum absolute atomic E-state index is 9.54. The first-order chi connectivity index (χ1) is 7.89. The van der Waals surface area contributed by atoms with Gasteiger partial charge in [0.2, 0.25) is 0 Å². The number of halogens is 1. The van der Waals surface area contributed by atoms with Crippen LogP contribution < -0.4 is 9.47 Å². The van der Waals surface area contributed by atoms with Crippen molar-refractivity contribution in [3.63, 3.8) is 0 Å². The molecule has 0 saturated heterocycles. The molecule has 0 radical (unpaired) electrons. The number of benzene rings is 1. The van der Waals surface area contributed by atoms with Gasteiger partial charge in [0.1, 0.15) is 16.4 Å². The highest BCUT2D eigenvalue weighted by molar-refractivity contribution is 6.33. The Labute approximate surface area is 106 Å². The van der Waals surface area contributed by atoms with Gasteiger partial charge in [0.15, 0.2) is 5.75 Å². The van der Waals surface area contributed by atoms with E-state index in [0.29, 0.717) is 22.1 Å². The molecule has 0 saturated carbocycles. The standard InChI is InChI=1S/C13H15ClO3/c1-13(2,15)8-7-9-5-6-10(16-3)11(14)12(9)17-4/h5-6,15H,1-4H3. The summed E-state index contributed by atoms with van der Waals surface area (Å²) < 4.78 is 10.3. The predicted molar refractivity (Wildman–Crippen MR) is 67.7 cm³/mol. The van der Waals surface area contributed by atoms with Crippen molar-refractivity contribution in [2.45, 2.75) is 19.4 Å². The van der Waals surface area contributed by atoms with Crippen LogP contribution in [0.5, 0.6) is 11.5 Å². The maximum atomic E-state index is 9.54. The van der Waals surface area contributed by atoms with E-state index in [1.54, 1.807) is 26.0 Å². The molecule has 0 aliphatic heterocycles. The Morgan fingerprint density at radius 2 is 1.88 bits per heavy atom. The van der Waals surface area contributed by atoms with Crippen LogP contribution in [0.25, 0.3) is 0 Å². The fourth-order valence-electron chi connectivity index (χ4n) is 1.21. The third-order valence-electron chi connectivity index (χ3n) is 1.99. The zero-order valence-electron chi connectivity index (χ0n) is 10.3. The lowest BCUT2D eigenvalue weighted by Crippen LogP contribution is -2.14. The van der Waals surface area contributed by atoms with E-state index in [1.165, 1.54) is 14.2 Å². The van der Waals surface area contributed by atoms with E-state index in [0.717, 1.165) is 0 Å². The van der Waals surface area contributed by atoms with Crippen molar-refractivity contribution < 1.29 is 14.6 Å². The normalized spacial score (nSPS) is 10.5. The molecule has 0 atom stereocenters. The van der Waals surface area contributed by atoms with Gasteiger partial charge in [-0.05, 0) is 26.0 Å². The van der Waals surface area contributed by atoms with Crippen LogP contribution in [0.3, 0.4) is 0 Å². The molecule has 17 heavy (non-hydrogen) atoms. The molecule has 3 nitrogen and oxygen atoms in total. The summed E-state index contributed by atoms with van der Waals surface area (Å²) in [4.78, 5) is 0. The van der Waals surface area contributed by atoms with Crippen LogP contribution in [0.1, 0.15) is 19.4 Å². The molecule has 1 N–H and O–H groups in total. The molecule has 0 aromatic heterocycles. The third kappa shape index (κ3) is 3.55. The first-order valence-corrected chi connectivity index (χ1v) is 5.43. The molecule has 0 amide bonds. The van der Waals surface area contributed by atoms with Gasteiger partial charge in [-0.2, -0.15) is 0 Å². The Bertz CT molecular complexity index is 464. The lowest BCUT2D eigenvalue weighted by Gasteiger charge is -2.10. The topological polar surface area (TPSA) is 38.7 Å². The number of rotatable bonds is 2. The van der Waals surface area contributed by atoms with Crippen LogP contribution in [0, 0.1) is 11.8 Å². The fraction of sp³-hybridized carbons (Fsp3) is 0.385. The number of hydrogen-bond donors (Lipinski definition) is 1. The summed E-state index contributed by atoms with van der Waals surface area (Å²) in [6.07, 6.45) is 0. The molecule has 1 aromatic carbocycles. The minimum atomic E-state index is -1.06. The summed E-state index contributed by atoms with van der Waals surface area (Å²) in [5.74, 6) is 6.51. The van der Waals surface area contributed by atoms with Crippen LogP contribution >= 0.6 is 11.6 Å². The molecule has 0 aliphatic rings. The molecule has 0 unspecified atom stereocenters. The summed E-state index contributed by atoms with van der Waals surface area (Å²) in [6, 6.07) is 3.45. The molecular weight excluding hydrogens is 240 g/mol. The van der Waals surface area contributed by atoms with E-state index in [1.807, 2.05) is 0 Å². The quantitative estimate of drug-likeness (QED) is 0.824. The lowest BCUT2D eigenvalue weighted by molar-refractivity contribution is 0.143. The minimum Gasteiger partial charge on any atom is -0.495 e. The lowest BCUT2D eigenvalue weighted by atomic mass is 10.1. The second-order valence-corrected chi connectivity index (χ2v) is 4.35. The van der Waals surface area contributed by atoms with Crippen molar-refractivity contribution in [3.8, 4) is 23.3 Å². The van der Waals surface area contributed by atoms with Gasteiger partial charge in [0, 0.05) is 0 Å². The second-order valence-electron chi connectivity index (χ2n) is 3.97. The van der Waals surface area contributed by atoms with Crippen molar-refractivity contribution >= 4 is 11.6 Å². The van der Waals surface area contributed by atoms with Crippen LogP contribution in [0.2, 0.25) is 5.02 Å². The highest BCUT2D eigenvalue weighted by Gasteiger charge is 2.12. The number of hydrogen-bond acceptors (Lipinski definition) is 3. The van der Waals surface area contributed by atoms with Gasteiger partial charge in [0.25, 0.3) is 0 Å². The summed E-state index contributed by atoms with van der Waals surface area (Å²) in [5, 5.41) is 9.91. The molecule has 4 heteroatoms. The number of ether oxygens (including phenoxy) is 2. The third-order valence-corrected chi connectivity index (χ3v) is 2.35. The summed E-state index contributed by atoms with van der Waals surface area (Å²) in [6.45, 7) is 3.22. The largest absolute Gasteiger partial charge is 0.495 e. The monoisotopic (exact) mass is 254 g/mol. The predicted octanol–water partition coefficient (Wildman–Crippen LogP) is 2.48. The highest BCUT2D eigenvalue weighted by Crippen LogP contribution is 2.36. The van der Waals surface area contributed by atoms with Gasteiger partial charge >= 0.3 is 0 Å². The Balaban J connectivity index is 3.25. The Kier molecular flexibility index (Phi) is 4.28. The van der Waals surface area contributed by atoms with Crippen LogP contribution in [-0.4, -0.2) is 24.9 Å². The van der Waals surface area contributed by atoms with E-state index in [9.17, 15) is 5.11 Å². The van der Waals surface area contributed by atoms with Gasteiger partial charge in [-0.25, -0.2) is 0 Å². The molecule has 0 aliphatic carbocycles. The summed E-state index contributed by atoms with van der Waals surface area (Å²) in [7, 11) is 3.04. The fourth-order valence-corrected chi connectivity index (χ4v) is 1.53. The zero-order chi connectivity index (χ0) is 13.1. The number of methoxy groups -OCH3 is 2. The van der Waals surface area contributed by atoms with Gasteiger partial charge in [-0.15, -0.1) is 0 Å². The zero-order valence-corrected chi connectivity index (χ0v) is 11.1. The Morgan fingerprint density at radius 1 is 1.24 bits per heavy atom. The van der Waals surface area contributed by atoms with Gasteiger partial charge < -0.3 is 14.6 Å². The van der Waals surface area contributed by atoms with Crippen molar-refractivity contribution in [2.75, 3.05) is 14.2 Å². The van der Waals surface area contributed by atoms with Gasteiger partial charge in [-0.1, -0.05) is 23.4 Å². The highest BCUT2D eigenvalue weighted by atomic mass is 35.5. The van der Waals surface area contributed by atoms with E-state index < -0.39 is 5.60 Å². The van der Waals surface area contributed by atoms with E-state index in [2.05, 4.69) is 11.8 Å². The summed E-state index contributed by atoms with van der Waals surface area (Å²) in [5.41, 5.74) is -0.447. The van der Waals surface area contributed by atoms with E-state index >= 15 is 0 Å². The Hall–Kier alpha value is -1.37. The number of aliphatic hydroxyl groups is 1. The first kappa shape index (κ1) is 13.7. The molecule has 92 valence electrons. The molecule has 0 bridgehead atoms. The maximum Gasteiger partial charge on any atom is 0.156 e. The van der Waals surface area contributed by atoms with Crippen LogP contribution in [-0.2, 0) is 0 Å². The van der Waals surface area contributed by atoms with Crippen LogP contribution in [0.4, 0.5) is 0 Å². The van der Waals surface area contributed by atoms with Gasteiger partial charge in [0.05, 0.1) is 19.8 Å². The molecule has 0 heterocycles. The van der Waals surface area contributed by atoms with E-state index in [4.69, 9.17) is 21.1 Å². The SMILES string of the molecule is COc1ccc(C#CC(C)(C)O)c(OC)c1Cl. The molecular formula is C13H15ClO3. The summed E-state index contributed by atoms with van der Waals surface area (Å²) >= 11 is 6.08. The molecule has 0 fully saturated rings. The Morgan fingerprint density at radius 3 is 2.35 bits per heavy atom. The smallest absolute Gasteiger partial charge is 0.156 e. The minimum absolute atomic E-state index is 0.373. The molecule has 1 aromatic rings. The molecule has 1 rings (SSSR count). The van der Waals surface area contributed by atoms with E-state index in [-0.39, 0.29) is 0 Å². The van der Waals surface area contributed by atoms with Crippen molar-refractivity contribution in [1.29, 1.82) is 0 Å². The average molecular weight is 255 g/mol. The van der Waals surface area contributed by atoms with Crippen molar-refractivity contribution in [3.05, 3.63) is 22.7 Å². The van der Waals surface area contributed by atoms with Crippen molar-refractivity contribution in [2.24, 2.45) is 0 Å². The van der Waals surface area contributed by atoms with Crippen LogP contribution in [0.15, 0.2) is 12.1 Å². The second kappa shape index (κ2) is 5.31. The average Bonchev–Trinajstić information content (AvgIpc) is 2.25.